The molecule has 0 unspecified atom stereocenters. The van der Waals surface area contributed by atoms with Gasteiger partial charge in [0.05, 0.1) is 147 Å². The number of alkyl carbamates (subject to hydrolysis) is 1. The summed E-state index contributed by atoms with van der Waals surface area (Å²) in [6.07, 6.45) is 7.85. The number of aliphatic hydroxyl groups is 4. The van der Waals surface area contributed by atoms with Crippen LogP contribution in [-0.2, 0) is 102 Å². The third kappa shape index (κ3) is 33.7. The van der Waals surface area contributed by atoms with Crippen molar-refractivity contribution in [2.45, 2.75) is 210 Å². The summed E-state index contributed by atoms with van der Waals surface area (Å²) in [5, 5.41) is 51.9. The molecule has 35 heteroatoms. The average Bonchev–Trinajstić information content (AvgIpc) is 0.807. The summed E-state index contributed by atoms with van der Waals surface area (Å²) < 4.78 is 107. The number of amides is 4. The van der Waals surface area contributed by atoms with Crippen LogP contribution >= 0.6 is 0 Å². The van der Waals surface area contributed by atoms with Crippen LogP contribution in [-0.4, -0.2) is 310 Å². The maximum absolute atomic E-state index is 14.7. The summed E-state index contributed by atoms with van der Waals surface area (Å²) in [5.41, 5.74) is 17.4. The number of hydrogen-bond acceptors (Lipinski definition) is 30. The molecule has 16 atom stereocenters. The summed E-state index contributed by atoms with van der Waals surface area (Å²) in [6.45, 7) is 18.1. The van der Waals surface area contributed by atoms with Crippen molar-refractivity contribution in [3.63, 3.8) is 0 Å². The minimum Gasteiger partial charge on any atom is -0.491 e. The summed E-state index contributed by atoms with van der Waals surface area (Å²) in [4.78, 5) is 104. The number of allylic oxidation sites excluding steroid dienone is 5. The van der Waals surface area contributed by atoms with Gasteiger partial charge in [0.1, 0.15) is 48.6 Å². The molecule has 10 N–H and O–H groups in total. The highest BCUT2D eigenvalue weighted by Gasteiger charge is 2.53. The van der Waals surface area contributed by atoms with Gasteiger partial charge in [-0.05, 0) is 162 Å². The van der Waals surface area contributed by atoms with Crippen molar-refractivity contribution >= 4 is 57.0 Å². The highest BCUT2D eigenvalue weighted by Crippen LogP contribution is 2.39. The second-order valence-electron chi connectivity index (χ2n) is 33.7. The topological polar surface area (TPSA) is 459 Å². The van der Waals surface area contributed by atoms with Crippen LogP contribution in [0.4, 0.5) is 10.6 Å². The molecule has 0 radical (unpaired) electrons. The first-order chi connectivity index (χ1) is 61.4. The number of carbonyl (C=O) groups is 7. The minimum absolute atomic E-state index is 0.0104. The first kappa shape index (κ1) is 105. The predicted molar refractivity (Wildman–Crippen MR) is 474 cm³/mol. The SMILES string of the molecule is CO[C@H]1C[C@@H]2CC[C@@H](C)[C@@](O)(O2)C(=O)C(=O)N2CCCC[C@H]2C(=O)O[C@H]([C@H](N)C[C@@H]2CC[C@@H](OC(=O)NCCOCCOCCOCCOCCOCCOCCOCCOCCC(=O)NCCS(=O)(=O)c3ccc(C(=O)N4CCOc5ccc(-c6ccc(N)nc6)cc5C4)c(C)c3)[C@H](OC)C2)C[C@@H](O)[C@H](C)/C=C(\C)[C@@H](O)[C@@H](O)C(=O)[C@H](C)C[C@H](C)/C=C/C=C/C=C/1C. The number of nitrogens with zero attached hydrogens (tertiary/aromatic N) is 3. The highest BCUT2D eigenvalue weighted by atomic mass is 32.2. The number of piperidine rings is 1. The van der Waals surface area contributed by atoms with Gasteiger partial charge in [0.15, 0.2) is 15.6 Å². The Kier molecular flexibility index (Phi) is 45.0. The Morgan fingerprint density at radius 1 is 0.672 bits per heavy atom. The Morgan fingerprint density at radius 3 is 1.95 bits per heavy atom. The summed E-state index contributed by atoms with van der Waals surface area (Å²) in [6, 6.07) is 11.6. The highest BCUT2D eigenvalue weighted by molar-refractivity contribution is 7.91. The molecule has 1 aliphatic carbocycles. The molecule has 5 heterocycles. The fraction of sp³-hybridized carbons (Fsp3) is 0.656. The van der Waals surface area contributed by atoms with Crippen molar-refractivity contribution in [2.75, 3.05) is 164 Å². The number of benzene rings is 2. The lowest BCUT2D eigenvalue weighted by Gasteiger charge is -2.42. The number of fused-ring (bicyclic) bond motifs is 4. The molecule has 3 aromatic rings. The number of nitrogens with two attached hydrogens (primary N) is 2. The molecule has 34 nitrogen and oxygen atoms in total. The fourth-order valence-corrected chi connectivity index (χ4v) is 17.5. The lowest BCUT2D eigenvalue weighted by molar-refractivity contribution is -0.265. The van der Waals surface area contributed by atoms with E-state index in [-0.39, 0.29) is 118 Å². The monoisotopic (exact) mass is 1820 g/mol. The van der Waals surface area contributed by atoms with E-state index in [4.69, 9.17) is 77.8 Å². The number of carbonyl (C=O) groups excluding carboxylic acids is 7. The van der Waals surface area contributed by atoms with Crippen LogP contribution in [0, 0.1) is 36.5 Å². The number of cyclic esters (lactones) is 1. The molecular formula is C93H139N7O27S. The number of Topliss-reactive ketones (excluding diaryl/α,β-unsaturated/α-hetero) is 2. The number of methoxy groups -OCH3 is 2. The van der Waals surface area contributed by atoms with E-state index in [0.717, 1.165) is 27.2 Å². The van der Waals surface area contributed by atoms with Gasteiger partial charge >= 0.3 is 12.1 Å². The van der Waals surface area contributed by atoms with Gasteiger partial charge in [-0.2, -0.15) is 0 Å². The number of rotatable bonds is 39. The van der Waals surface area contributed by atoms with Crippen molar-refractivity contribution in [1.82, 2.24) is 25.4 Å². The maximum Gasteiger partial charge on any atom is 0.407 e. The van der Waals surface area contributed by atoms with E-state index in [0.29, 0.717) is 173 Å². The largest absolute Gasteiger partial charge is 0.491 e. The average molecular weight is 1820 g/mol. The van der Waals surface area contributed by atoms with Crippen LogP contribution in [0.2, 0.25) is 0 Å². The molecule has 128 heavy (non-hydrogen) atoms. The van der Waals surface area contributed by atoms with Crippen LogP contribution in [0.3, 0.4) is 0 Å². The zero-order valence-corrected chi connectivity index (χ0v) is 76.7. The molecule has 4 aliphatic heterocycles. The number of sulfone groups is 1. The second-order valence-corrected chi connectivity index (χ2v) is 35.8. The Bertz CT molecular complexity index is 4230. The zero-order valence-electron chi connectivity index (χ0n) is 75.9. The number of nitrogens with one attached hydrogen (secondary N) is 2. The van der Waals surface area contributed by atoms with Gasteiger partial charge in [0.2, 0.25) is 11.7 Å². The quantitative estimate of drug-likeness (QED) is 0.0125. The Balaban J connectivity index is 0.638. The molecule has 1 saturated carbocycles. The predicted octanol–water partition coefficient (Wildman–Crippen LogP) is 6.84. The number of pyridine rings is 1. The van der Waals surface area contributed by atoms with Crippen molar-refractivity contribution in [3.8, 4) is 16.9 Å². The Labute approximate surface area is 753 Å². The molecule has 2 aromatic carbocycles. The van der Waals surface area contributed by atoms with Gasteiger partial charge in [-0.25, -0.2) is 23.0 Å². The standard InChI is InChI=1S/C93H139N7O27S/c1-61-15-11-10-12-16-62(2)80(114-8)57-72-22-18-67(7)93(111,127-72)88(106)90(108)100-31-14-13-17-76(100)91(109)125-81(58-77(101)64(4)52-66(6)86(104)87(105)85(103)65(5)51-61)75(94)54-68-19-25-79(82(55-68)115-9)126-92(110)97-29-34-117-37-39-119-41-43-121-45-47-123-49-48-122-46-44-120-42-40-118-38-36-116-33-28-84(102)96-30-50-128(112,113)73-23-24-74(63(3)53-73)89(107)99-32-35-124-78-26-20-69(56-71(78)60-99)70-21-27-83(95)98-59-70/h10-12,15-16,20-21,23-24,26-27,52-53,56,59,61,64-65,67-68,72,75-77,79-82,86-87,101,104-105,111H,13-14,17-19,22,25,28-51,54-55,57-58,60,94H2,1-9H3,(H2,95,98)(H,96,102)(H,97,110)/b12-10+,15-11+,62-16+,66-52+/t61-,64-,65-,67-,68+,72+,75-,76+,77-,79-,80+,81+,82-,86-,87+,93-/m1/s1. The van der Waals surface area contributed by atoms with Gasteiger partial charge in [-0.1, -0.05) is 70.2 Å². The number of hydrogen-bond donors (Lipinski definition) is 8. The van der Waals surface area contributed by atoms with E-state index in [1.54, 1.807) is 65.0 Å². The number of anilines is 1. The molecule has 5 aliphatic rings. The molecule has 0 spiro atoms. The normalized spacial score (nSPS) is 27.4. The van der Waals surface area contributed by atoms with Gasteiger partial charge in [0, 0.05) is 106 Å². The number of esters is 1. The number of aromatic nitrogens is 1. The molecule has 8 rings (SSSR count). The molecule has 2 bridgehead atoms. The van der Waals surface area contributed by atoms with E-state index < -0.39 is 124 Å². The number of ether oxygens (including phenoxy) is 14. The maximum atomic E-state index is 14.7. The number of nitrogen functional groups attached to an aromatic ring is 1. The Morgan fingerprint density at radius 2 is 1.32 bits per heavy atom. The fourth-order valence-electron chi connectivity index (χ4n) is 16.2. The van der Waals surface area contributed by atoms with Crippen molar-refractivity contribution in [2.24, 2.45) is 35.3 Å². The van der Waals surface area contributed by atoms with Gasteiger partial charge in [0.25, 0.3) is 17.6 Å². The van der Waals surface area contributed by atoms with Crippen LogP contribution in [0.15, 0.2) is 107 Å². The Hall–Kier alpha value is -8.05. The van der Waals surface area contributed by atoms with Gasteiger partial charge in [-0.3, -0.25) is 24.0 Å². The van der Waals surface area contributed by atoms with Gasteiger partial charge < -0.3 is 119 Å². The van der Waals surface area contributed by atoms with E-state index >= 15 is 0 Å². The first-order valence-electron chi connectivity index (χ1n) is 44.9. The molecule has 3 fully saturated rings. The van der Waals surface area contributed by atoms with Crippen molar-refractivity contribution < 1.29 is 129 Å². The lowest BCUT2D eigenvalue weighted by atomic mass is 9.80. The van der Waals surface area contributed by atoms with Crippen LogP contribution < -0.4 is 26.8 Å². The first-order valence-corrected chi connectivity index (χ1v) is 46.5. The third-order valence-corrected chi connectivity index (χ3v) is 25.6. The molecule has 714 valence electrons. The van der Waals surface area contributed by atoms with Gasteiger partial charge in [-0.15, -0.1) is 0 Å². The number of aliphatic hydroxyl groups excluding tert-OH is 3. The molecule has 4 amide bonds. The van der Waals surface area contributed by atoms with E-state index in [1.165, 1.54) is 25.3 Å². The summed E-state index contributed by atoms with van der Waals surface area (Å²) in [7, 11) is -0.721. The zero-order chi connectivity index (χ0) is 92.7. The lowest BCUT2D eigenvalue weighted by Crippen LogP contribution is -2.61. The number of aryl methyl sites for hydroxylation is 1. The van der Waals surface area contributed by atoms with Crippen molar-refractivity contribution in [1.29, 1.82) is 0 Å². The van der Waals surface area contributed by atoms with E-state index in [2.05, 4.69) is 15.6 Å². The van der Waals surface area contributed by atoms with E-state index in [9.17, 15) is 62.4 Å². The van der Waals surface area contributed by atoms with Crippen LogP contribution in [0.1, 0.15) is 146 Å². The summed E-state index contributed by atoms with van der Waals surface area (Å²) >= 11 is 0. The number of ketones is 2. The van der Waals surface area contributed by atoms with Crippen LogP contribution in [0.5, 0.6) is 5.75 Å². The minimum atomic E-state index is -3.79. The third-order valence-electron chi connectivity index (χ3n) is 23.9. The van der Waals surface area contributed by atoms with E-state index in [1.807, 2.05) is 68.5 Å². The molecular weight excluding hydrogens is 1680 g/mol. The second kappa shape index (κ2) is 54.7. The smallest absolute Gasteiger partial charge is 0.407 e. The summed E-state index contributed by atoms with van der Waals surface area (Å²) in [5.74, 6) is -8.38. The molecule has 1 aromatic heterocycles. The van der Waals surface area contributed by atoms with Crippen molar-refractivity contribution in [3.05, 3.63) is 119 Å². The van der Waals surface area contributed by atoms with Crippen LogP contribution in [0.25, 0.3) is 11.1 Å². The molecule has 2 saturated heterocycles.